The first-order valence-corrected chi connectivity index (χ1v) is 9.15. The highest BCUT2D eigenvalue weighted by molar-refractivity contribution is 7.92. The minimum Gasteiger partial charge on any atom is -0.480 e. The van der Waals surface area contributed by atoms with Crippen LogP contribution in [0.1, 0.15) is 13.3 Å². The molecule has 1 heterocycles. The molecule has 0 fully saturated rings. The van der Waals surface area contributed by atoms with Gasteiger partial charge in [-0.1, -0.05) is 6.07 Å². The summed E-state index contributed by atoms with van der Waals surface area (Å²) in [5.41, 5.74) is -0.0612. The summed E-state index contributed by atoms with van der Waals surface area (Å²) in [6.07, 6.45) is 1.70. The van der Waals surface area contributed by atoms with Crippen molar-refractivity contribution in [3.8, 4) is 0 Å². The van der Waals surface area contributed by atoms with Crippen LogP contribution in [0.15, 0.2) is 29.3 Å². The first-order chi connectivity index (χ1) is 11.5. The average molecular weight is 368 g/mol. The van der Waals surface area contributed by atoms with Crippen molar-refractivity contribution in [2.75, 3.05) is 6.26 Å². The summed E-state index contributed by atoms with van der Waals surface area (Å²) >= 11 is 0. The molecule has 0 aliphatic heterocycles. The first-order valence-electron chi connectivity index (χ1n) is 7.25. The number of hydrogen-bond donors (Lipinski definition) is 3. The predicted molar refractivity (Wildman–Crippen MR) is 91.3 cm³/mol. The zero-order valence-electron chi connectivity index (χ0n) is 13.6. The predicted octanol–water partition coefficient (Wildman–Crippen LogP) is -1.65. The minimum absolute atomic E-state index is 0.151. The fourth-order valence-corrected chi connectivity index (χ4v) is 3.06. The third-order valence-corrected chi connectivity index (χ3v) is 6.26. The largest absolute Gasteiger partial charge is 0.488 e. The van der Waals surface area contributed by atoms with Crippen LogP contribution in [-0.4, -0.2) is 57.2 Å². The number of aromatic nitrogens is 2. The molecular weight excluding hydrogens is 351 g/mol. The third kappa shape index (κ3) is 3.58. The molecule has 25 heavy (non-hydrogen) atoms. The van der Waals surface area contributed by atoms with Gasteiger partial charge in [0.1, 0.15) is 0 Å². The summed E-state index contributed by atoms with van der Waals surface area (Å²) < 4.78 is 22.7. The van der Waals surface area contributed by atoms with E-state index in [1.807, 2.05) is 0 Å². The molecule has 9 nitrogen and oxygen atoms in total. The second-order valence-electron chi connectivity index (χ2n) is 5.95. The van der Waals surface area contributed by atoms with Gasteiger partial charge in [-0.3, -0.25) is 14.2 Å². The van der Waals surface area contributed by atoms with Crippen LogP contribution in [0, 0.1) is 0 Å². The van der Waals surface area contributed by atoms with Crippen LogP contribution >= 0.6 is 0 Å². The Kier molecular flexibility index (Phi) is 5.03. The second kappa shape index (κ2) is 6.58. The van der Waals surface area contributed by atoms with E-state index in [2.05, 4.69) is 4.98 Å². The lowest BCUT2D eigenvalue weighted by atomic mass is 9.80. The lowest BCUT2D eigenvalue weighted by Gasteiger charge is -2.22. The van der Waals surface area contributed by atoms with E-state index in [-0.39, 0.29) is 29.3 Å². The number of aryl methyl sites for hydroxylation is 1. The van der Waals surface area contributed by atoms with Crippen molar-refractivity contribution in [1.29, 1.82) is 0 Å². The van der Waals surface area contributed by atoms with Gasteiger partial charge in [0.25, 0.3) is 5.56 Å². The van der Waals surface area contributed by atoms with Crippen LogP contribution in [0.25, 0.3) is 10.9 Å². The number of hydrogen-bond acceptors (Lipinski definition) is 7. The van der Waals surface area contributed by atoms with E-state index in [1.54, 1.807) is 0 Å². The molecule has 1 atom stereocenters. The molecule has 0 radical (unpaired) electrons. The van der Waals surface area contributed by atoms with E-state index in [0.717, 1.165) is 17.7 Å². The molecule has 1 aromatic carbocycles. The number of benzene rings is 1. The smallest absolute Gasteiger partial charge is 0.480 e. The maximum Gasteiger partial charge on any atom is 0.488 e. The molecular formula is C14H17BN2O7S. The van der Waals surface area contributed by atoms with Crippen molar-refractivity contribution in [3.05, 3.63) is 34.9 Å². The van der Waals surface area contributed by atoms with Crippen molar-refractivity contribution >= 4 is 39.3 Å². The maximum absolute atomic E-state index is 12.4. The van der Waals surface area contributed by atoms with Crippen molar-refractivity contribution < 1.29 is 28.4 Å². The van der Waals surface area contributed by atoms with Crippen LogP contribution in [-0.2, 0) is 21.2 Å². The Bertz CT molecular complexity index is 986. The van der Waals surface area contributed by atoms with Gasteiger partial charge in [0.2, 0.25) is 0 Å². The minimum atomic E-state index is -3.90. The molecule has 11 heteroatoms. The number of nitrogens with zero attached hydrogens (tertiary/aromatic N) is 2. The summed E-state index contributed by atoms with van der Waals surface area (Å²) in [5, 5.41) is 27.7. The van der Waals surface area contributed by atoms with Gasteiger partial charge in [-0.05, 0) is 30.9 Å². The molecule has 3 N–H and O–H groups in total. The number of carboxylic acids is 1. The Hall–Kier alpha value is -2.24. The molecule has 0 saturated carbocycles. The van der Waals surface area contributed by atoms with E-state index in [0.29, 0.717) is 0 Å². The normalized spacial score (nSPS) is 14.2. The van der Waals surface area contributed by atoms with Gasteiger partial charge in [-0.2, -0.15) is 0 Å². The highest BCUT2D eigenvalue weighted by Crippen LogP contribution is 2.22. The third-order valence-electron chi connectivity index (χ3n) is 4.25. The van der Waals surface area contributed by atoms with Gasteiger partial charge < -0.3 is 15.2 Å². The number of carboxylic acid groups (broad SMARTS) is 1. The van der Waals surface area contributed by atoms with Gasteiger partial charge in [-0.15, -0.1) is 0 Å². The maximum atomic E-state index is 12.4. The summed E-state index contributed by atoms with van der Waals surface area (Å²) in [6.45, 7) is 0.946. The molecule has 0 spiro atoms. The number of rotatable bonds is 6. The van der Waals surface area contributed by atoms with Crippen molar-refractivity contribution in [2.45, 2.75) is 24.6 Å². The molecule has 0 aliphatic rings. The van der Waals surface area contributed by atoms with Gasteiger partial charge >= 0.3 is 13.1 Å². The Labute approximate surface area is 143 Å². The SMILES string of the molecule is C[C@@](CCn1cnc2cc(B(O)O)ccc2c1=O)(C(=O)O)S(C)(=O)=O. The summed E-state index contributed by atoms with van der Waals surface area (Å²) in [5.74, 6) is -1.49. The molecule has 2 aromatic rings. The van der Waals surface area contributed by atoms with E-state index >= 15 is 0 Å². The zero-order valence-corrected chi connectivity index (χ0v) is 14.4. The van der Waals surface area contributed by atoms with Gasteiger partial charge in [0, 0.05) is 12.8 Å². The first kappa shape index (κ1) is 19.1. The molecule has 0 aliphatic carbocycles. The lowest BCUT2D eigenvalue weighted by molar-refractivity contribution is -0.139. The second-order valence-corrected chi connectivity index (χ2v) is 8.40. The van der Waals surface area contributed by atoms with Crippen LogP contribution in [0.4, 0.5) is 0 Å². The number of sulfone groups is 1. The molecule has 2 rings (SSSR count). The number of fused-ring (bicyclic) bond motifs is 1. The molecule has 0 unspecified atom stereocenters. The highest BCUT2D eigenvalue weighted by atomic mass is 32.2. The average Bonchev–Trinajstić information content (AvgIpc) is 2.52. The Morgan fingerprint density at radius 3 is 2.52 bits per heavy atom. The van der Waals surface area contributed by atoms with Gasteiger partial charge in [0.15, 0.2) is 14.6 Å². The van der Waals surface area contributed by atoms with Crippen LogP contribution in [0.2, 0.25) is 0 Å². The van der Waals surface area contributed by atoms with Crippen LogP contribution in [0.3, 0.4) is 0 Å². The van der Waals surface area contributed by atoms with Crippen molar-refractivity contribution in [2.24, 2.45) is 0 Å². The standard InChI is InChI=1S/C14H17BN2O7S/c1-14(13(19)20,25(2,23)24)5-6-17-8-16-11-7-9(15(21)22)3-4-10(11)12(17)18/h3-4,7-8,21-22H,5-6H2,1-2H3,(H,19,20)/t14-/m1/s1. The monoisotopic (exact) mass is 368 g/mol. The molecule has 0 amide bonds. The summed E-state index contributed by atoms with van der Waals surface area (Å²) in [4.78, 5) is 27.8. The Balaban J connectivity index is 2.40. The molecule has 0 saturated heterocycles. The summed E-state index contributed by atoms with van der Waals surface area (Å²) in [6, 6.07) is 4.09. The molecule has 134 valence electrons. The topological polar surface area (TPSA) is 147 Å². The van der Waals surface area contributed by atoms with E-state index in [1.165, 1.54) is 24.5 Å². The van der Waals surface area contributed by atoms with Gasteiger partial charge in [0.05, 0.1) is 17.2 Å². The molecule has 1 aromatic heterocycles. The van der Waals surface area contributed by atoms with E-state index < -0.39 is 33.2 Å². The fraction of sp³-hybridized carbons (Fsp3) is 0.357. The highest BCUT2D eigenvalue weighted by Gasteiger charge is 2.43. The van der Waals surface area contributed by atoms with Gasteiger partial charge in [-0.25, -0.2) is 13.4 Å². The van der Waals surface area contributed by atoms with E-state index in [4.69, 9.17) is 10.0 Å². The van der Waals surface area contributed by atoms with Crippen LogP contribution < -0.4 is 11.0 Å². The lowest BCUT2D eigenvalue weighted by Crippen LogP contribution is -2.44. The molecule has 0 bridgehead atoms. The fourth-order valence-electron chi connectivity index (χ4n) is 2.28. The number of aliphatic carboxylic acids is 1. The Morgan fingerprint density at radius 1 is 1.36 bits per heavy atom. The van der Waals surface area contributed by atoms with Crippen molar-refractivity contribution in [1.82, 2.24) is 9.55 Å². The van der Waals surface area contributed by atoms with Crippen LogP contribution in [0.5, 0.6) is 0 Å². The quantitative estimate of drug-likeness (QED) is 0.514. The van der Waals surface area contributed by atoms with Crippen molar-refractivity contribution in [3.63, 3.8) is 0 Å². The Morgan fingerprint density at radius 2 is 2.00 bits per heavy atom. The number of carbonyl (C=O) groups is 1. The van der Waals surface area contributed by atoms with E-state index in [9.17, 15) is 23.1 Å². The zero-order chi connectivity index (χ0) is 19.0. The summed E-state index contributed by atoms with van der Waals surface area (Å²) in [7, 11) is -5.59.